The van der Waals surface area contributed by atoms with Crippen LogP contribution in [0.3, 0.4) is 0 Å². The maximum atomic E-state index is 11.7. The second-order valence-electron chi connectivity index (χ2n) is 3.68. The highest BCUT2D eigenvalue weighted by Crippen LogP contribution is 2.17. The molecule has 0 bridgehead atoms. The Labute approximate surface area is 95.2 Å². The molecule has 0 aromatic carbocycles. The monoisotopic (exact) mass is 226 g/mol. The minimum atomic E-state index is -0.356. The van der Waals surface area contributed by atoms with Crippen LogP contribution in [-0.4, -0.2) is 24.6 Å². The number of allylic oxidation sites excluding steroid dienone is 1. The summed E-state index contributed by atoms with van der Waals surface area (Å²) < 4.78 is 4.98. The van der Waals surface area contributed by atoms with Crippen LogP contribution in [-0.2, 0) is 9.53 Å². The van der Waals surface area contributed by atoms with Gasteiger partial charge >= 0.3 is 12.0 Å². The minimum Gasteiger partial charge on any atom is -0.463 e. The van der Waals surface area contributed by atoms with Crippen molar-refractivity contribution in [2.75, 3.05) is 6.61 Å². The van der Waals surface area contributed by atoms with Crippen LogP contribution in [0.25, 0.3) is 0 Å². The fraction of sp³-hybridized carbons (Fsp3) is 0.636. The predicted molar refractivity (Wildman–Crippen MR) is 59.7 cm³/mol. The van der Waals surface area contributed by atoms with Crippen molar-refractivity contribution < 1.29 is 14.3 Å². The predicted octanol–water partition coefficient (Wildman–Crippen LogP) is 1.30. The lowest BCUT2D eigenvalue weighted by Gasteiger charge is -2.26. The number of rotatable bonds is 4. The van der Waals surface area contributed by atoms with Gasteiger partial charge in [0.25, 0.3) is 0 Å². The minimum absolute atomic E-state index is 0.260. The molecule has 0 aromatic heterocycles. The number of urea groups is 1. The van der Waals surface area contributed by atoms with Crippen LogP contribution in [0.1, 0.15) is 33.6 Å². The van der Waals surface area contributed by atoms with Gasteiger partial charge in [0.05, 0.1) is 18.2 Å². The number of hydrogen-bond donors (Lipinski definition) is 2. The molecule has 0 spiro atoms. The van der Waals surface area contributed by atoms with E-state index in [1.54, 1.807) is 13.8 Å². The molecule has 0 saturated heterocycles. The Morgan fingerprint density at radius 1 is 1.44 bits per heavy atom. The molecule has 5 nitrogen and oxygen atoms in total. The summed E-state index contributed by atoms with van der Waals surface area (Å²) in [5.74, 6) is -0.356. The zero-order valence-electron chi connectivity index (χ0n) is 9.92. The summed E-state index contributed by atoms with van der Waals surface area (Å²) in [5, 5.41) is 5.31. The first kappa shape index (κ1) is 12.5. The zero-order valence-corrected chi connectivity index (χ0v) is 9.92. The number of carbonyl (C=O) groups excluding carboxylic acids is 2. The molecule has 0 aliphatic carbocycles. The standard InChI is InChI=1S/C11H18N2O3/c1-4-6-8-9(10(14)16-5-2)7(3)12-11(15)13-8/h7H,4-6H2,1-3H3,(H2,12,13,15). The maximum Gasteiger partial charge on any atom is 0.337 e. The Morgan fingerprint density at radius 2 is 2.12 bits per heavy atom. The molecular formula is C11H18N2O3. The zero-order chi connectivity index (χ0) is 12.1. The molecule has 2 amide bonds. The highest BCUT2D eigenvalue weighted by molar-refractivity contribution is 5.94. The smallest absolute Gasteiger partial charge is 0.337 e. The average Bonchev–Trinajstić information content (AvgIpc) is 2.17. The summed E-state index contributed by atoms with van der Waals surface area (Å²) in [6.07, 6.45) is 1.54. The Morgan fingerprint density at radius 3 is 2.69 bits per heavy atom. The van der Waals surface area contributed by atoms with Gasteiger partial charge in [-0.25, -0.2) is 9.59 Å². The first-order valence-electron chi connectivity index (χ1n) is 5.57. The molecule has 1 aliphatic heterocycles. The van der Waals surface area contributed by atoms with E-state index < -0.39 is 0 Å². The number of esters is 1. The van der Waals surface area contributed by atoms with Crippen molar-refractivity contribution in [3.63, 3.8) is 0 Å². The van der Waals surface area contributed by atoms with Crippen LogP contribution in [0.15, 0.2) is 11.3 Å². The lowest BCUT2D eigenvalue weighted by molar-refractivity contribution is -0.139. The molecule has 1 heterocycles. The van der Waals surface area contributed by atoms with Crippen LogP contribution < -0.4 is 10.6 Å². The Kier molecular flexibility index (Phi) is 4.34. The fourth-order valence-electron chi connectivity index (χ4n) is 1.73. The van der Waals surface area contributed by atoms with Crippen LogP contribution in [0.4, 0.5) is 4.79 Å². The average molecular weight is 226 g/mol. The molecule has 1 unspecified atom stereocenters. The summed E-state index contributed by atoms with van der Waals surface area (Å²) >= 11 is 0. The maximum absolute atomic E-state index is 11.7. The second kappa shape index (κ2) is 5.53. The van der Waals surface area contributed by atoms with Crippen LogP contribution in [0.2, 0.25) is 0 Å². The van der Waals surface area contributed by atoms with Gasteiger partial charge in [-0.3, -0.25) is 0 Å². The van der Waals surface area contributed by atoms with Crippen molar-refractivity contribution in [3.05, 3.63) is 11.3 Å². The third-order valence-electron chi connectivity index (χ3n) is 2.37. The molecule has 90 valence electrons. The number of hydrogen-bond acceptors (Lipinski definition) is 3. The van der Waals surface area contributed by atoms with E-state index in [4.69, 9.17) is 4.74 Å². The van der Waals surface area contributed by atoms with Gasteiger partial charge in [0.2, 0.25) is 0 Å². The summed E-state index contributed by atoms with van der Waals surface area (Å²) in [6, 6.07) is -0.557. The van der Waals surface area contributed by atoms with E-state index in [-0.39, 0.29) is 18.0 Å². The van der Waals surface area contributed by atoms with Gasteiger partial charge in [-0.15, -0.1) is 0 Å². The van der Waals surface area contributed by atoms with Crippen LogP contribution in [0, 0.1) is 0 Å². The summed E-state index contributed by atoms with van der Waals surface area (Å²) in [7, 11) is 0. The van der Waals surface area contributed by atoms with E-state index in [2.05, 4.69) is 10.6 Å². The lowest BCUT2D eigenvalue weighted by atomic mass is 10.0. The normalized spacial score (nSPS) is 20.2. The number of ether oxygens (including phenoxy) is 1. The van der Waals surface area contributed by atoms with Crippen molar-refractivity contribution >= 4 is 12.0 Å². The Hall–Kier alpha value is -1.52. The second-order valence-corrected chi connectivity index (χ2v) is 3.68. The molecule has 1 rings (SSSR count). The first-order chi connectivity index (χ1) is 7.60. The van der Waals surface area contributed by atoms with Crippen molar-refractivity contribution in [1.82, 2.24) is 10.6 Å². The number of amides is 2. The largest absolute Gasteiger partial charge is 0.463 e. The van der Waals surface area contributed by atoms with E-state index in [0.717, 1.165) is 6.42 Å². The molecule has 0 fully saturated rings. The van der Waals surface area contributed by atoms with Crippen molar-refractivity contribution in [3.8, 4) is 0 Å². The molecule has 0 radical (unpaired) electrons. The lowest BCUT2D eigenvalue weighted by Crippen LogP contribution is -2.49. The van der Waals surface area contributed by atoms with Crippen LogP contribution in [0.5, 0.6) is 0 Å². The third-order valence-corrected chi connectivity index (χ3v) is 2.37. The highest BCUT2D eigenvalue weighted by Gasteiger charge is 2.28. The van der Waals surface area contributed by atoms with E-state index in [0.29, 0.717) is 24.3 Å². The molecule has 1 aliphatic rings. The van der Waals surface area contributed by atoms with E-state index in [9.17, 15) is 9.59 Å². The van der Waals surface area contributed by atoms with Gasteiger partial charge in [0.15, 0.2) is 0 Å². The Bertz CT molecular complexity index is 323. The molecule has 1 atom stereocenters. The molecule has 5 heteroatoms. The number of carbonyl (C=O) groups is 2. The third kappa shape index (κ3) is 2.74. The summed E-state index contributed by atoms with van der Waals surface area (Å²) in [5.41, 5.74) is 1.21. The van der Waals surface area contributed by atoms with E-state index >= 15 is 0 Å². The molecule has 0 aromatic rings. The van der Waals surface area contributed by atoms with Gasteiger partial charge in [-0.2, -0.15) is 0 Å². The molecule has 0 saturated carbocycles. The summed E-state index contributed by atoms with van der Waals surface area (Å²) in [4.78, 5) is 23.0. The van der Waals surface area contributed by atoms with Crippen molar-refractivity contribution in [2.45, 2.75) is 39.7 Å². The van der Waals surface area contributed by atoms with Crippen molar-refractivity contribution in [2.24, 2.45) is 0 Å². The summed E-state index contributed by atoms with van der Waals surface area (Å²) in [6.45, 7) is 5.87. The highest BCUT2D eigenvalue weighted by atomic mass is 16.5. The molecular weight excluding hydrogens is 208 g/mol. The fourth-order valence-corrected chi connectivity index (χ4v) is 1.73. The van der Waals surface area contributed by atoms with Gasteiger partial charge in [0.1, 0.15) is 0 Å². The van der Waals surface area contributed by atoms with Crippen LogP contribution >= 0.6 is 0 Å². The van der Waals surface area contributed by atoms with E-state index in [1.165, 1.54) is 0 Å². The van der Waals surface area contributed by atoms with Crippen molar-refractivity contribution in [1.29, 1.82) is 0 Å². The van der Waals surface area contributed by atoms with Gasteiger partial charge in [-0.1, -0.05) is 13.3 Å². The van der Waals surface area contributed by atoms with Gasteiger partial charge in [0, 0.05) is 5.70 Å². The number of nitrogens with one attached hydrogen (secondary N) is 2. The molecule has 16 heavy (non-hydrogen) atoms. The quantitative estimate of drug-likeness (QED) is 0.710. The van der Waals surface area contributed by atoms with Gasteiger partial charge in [-0.05, 0) is 20.3 Å². The Balaban J connectivity index is 2.97. The SMILES string of the molecule is CCCC1=C(C(=O)OCC)C(C)NC(=O)N1. The van der Waals surface area contributed by atoms with Gasteiger partial charge < -0.3 is 15.4 Å². The molecule has 2 N–H and O–H groups in total. The van der Waals surface area contributed by atoms with E-state index in [1.807, 2.05) is 6.92 Å². The first-order valence-corrected chi connectivity index (χ1v) is 5.57. The topological polar surface area (TPSA) is 67.4 Å².